The highest BCUT2D eigenvalue weighted by atomic mass is 16.6. The number of nitrogens with one attached hydrogen (secondary N) is 1. The number of rotatable bonds is 2. The lowest BCUT2D eigenvalue weighted by atomic mass is 10.4. The van der Waals surface area contributed by atoms with Gasteiger partial charge in [0.15, 0.2) is 0 Å². The molecule has 0 aromatic carbocycles. The molecular formula is C10H9N5O5. The third-order valence-corrected chi connectivity index (χ3v) is 1.98. The van der Waals surface area contributed by atoms with Crippen LogP contribution in [0.4, 0.5) is 17.2 Å². The quantitative estimate of drug-likeness (QED) is 0.608. The largest absolute Gasteiger partial charge is 0.384 e. The highest BCUT2D eigenvalue weighted by Gasteiger charge is 2.08. The van der Waals surface area contributed by atoms with E-state index in [1.807, 2.05) is 0 Å². The molecule has 0 radical (unpaired) electrons. The highest BCUT2D eigenvalue weighted by Crippen LogP contribution is 2.08. The van der Waals surface area contributed by atoms with Crippen molar-refractivity contribution in [1.82, 2.24) is 9.97 Å². The molecule has 0 amide bonds. The average molecular weight is 279 g/mol. The second kappa shape index (κ2) is 6.58. The predicted molar refractivity (Wildman–Crippen MR) is 69.0 cm³/mol. The molecule has 0 saturated carbocycles. The molecule has 0 aliphatic rings. The van der Waals surface area contributed by atoms with Gasteiger partial charge in [0.1, 0.15) is 12.0 Å². The van der Waals surface area contributed by atoms with Gasteiger partial charge < -0.3 is 10.7 Å². The number of hydrogen-bond acceptors (Lipinski definition) is 7. The lowest BCUT2D eigenvalue weighted by molar-refractivity contribution is -0.386. The lowest BCUT2D eigenvalue weighted by Gasteiger charge is -1.89. The van der Waals surface area contributed by atoms with Gasteiger partial charge in [-0.2, -0.15) is 0 Å². The second-order valence-corrected chi connectivity index (χ2v) is 3.34. The maximum absolute atomic E-state index is 10.6. The van der Waals surface area contributed by atoms with Gasteiger partial charge in [0.25, 0.3) is 5.69 Å². The van der Waals surface area contributed by atoms with Crippen LogP contribution >= 0.6 is 0 Å². The Balaban J connectivity index is 0.000000200. The summed E-state index contributed by atoms with van der Waals surface area (Å²) in [5.74, 6) is 0.283. The van der Waals surface area contributed by atoms with Crippen molar-refractivity contribution in [1.29, 1.82) is 0 Å². The Morgan fingerprint density at radius 3 is 2.25 bits per heavy atom. The monoisotopic (exact) mass is 279 g/mol. The first-order valence-electron chi connectivity index (χ1n) is 5.10. The van der Waals surface area contributed by atoms with E-state index in [0.717, 1.165) is 12.3 Å². The minimum absolute atomic E-state index is 0.0470. The Bertz CT molecular complexity index is 666. The molecule has 2 heterocycles. The zero-order chi connectivity index (χ0) is 15.1. The van der Waals surface area contributed by atoms with Crippen LogP contribution in [-0.4, -0.2) is 19.8 Å². The maximum atomic E-state index is 10.6. The standard InChI is InChI=1S/C5H5N3O2.C5H4N2O3/c6-5-2-1-4(3-7-5)8(9)10;8-5-4(7(9)10)2-1-3-6-5/h1-3H,(H2,6,7);1-3H,(H,6,8). The Kier molecular flexibility index (Phi) is 4.86. The van der Waals surface area contributed by atoms with Crippen molar-refractivity contribution in [3.8, 4) is 0 Å². The van der Waals surface area contributed by atoms with Crippen molar-refractivity contribution in [3.63, 3.8) is 0 Å². The van der Waals surface area contributed by atoms with Gasteiger partial charge in [-0.15, -0.1) is 0 Å². The van der Waals surface area contributed by atoms with E-state index in [1.165, 1.54) is 24.4 Å². The van der Waals surface area contributed by atoms with Crippen molar-refractivity contribution in [3.05, 3.63) is 67.2 Å². The summed E-state index contributed by atoms with van der Waals surface area (Å²) in [4.78, 5) is 35.1. The van der Waals surface area contributed by atoms with Crippen molar-refractivity contribution in [2.24, 2.45) is 0 Å². The topological polar surface area (TPSA) is 158 Å². The maximum Gasteiger partial charge on any atom is 0.333 e. The fraction of sp³-hybridized carbons (Fsp3) is 0. The van der Waals surface area contributed by atoms with Gasteiger partial charge in [0, 0.05) is 18.3 Å². The molecule has 0 saturated heterocycles. The number of aromatic amines is 1. The summed E-state index contributed by atoms with van der Waals surface area (Å²) in [6.45, 7) is 0. The molecule has 3 N–H and O–H groups in total. The molecule has 0 atom stereocenters. The van der Waals surface area contributed by atoms with Gasteiger partial charge in [0.2, 0.25) is 0 Å². The van der Waals surface area contributed by atoms with Crippen LogP contribution in [0.2, 0.25) is 0 Å². The van der Waals surface area contributed by atoms with Crippen LogP contribution in [0.25, 0.3) is 0 Å². The second-order valence-electron chi connectivity index (χ2n) is 3.34. The summed E-state index contributed by atoms with van der Waals surface area (Å²) in [7, 11) is 0. The molecule has 2 rings (SSSR count). The fourth-order valence-electron chi connectivity index (χ4n) is 1.06. The first-order valence-corrected chi connectivity index (χ1v) is 5.10. The van der Waals surface area contributed by atoms with Crippen LogP contribution in [-0.2, 0) is 0 Å². The summed E-state index contributed by atoms with van der Waals surface area (Å²) in [5, 5.41) is 20.0. The van der Waals surface area contributed by atoms with E-state index in [0.29, 0.717) is 0 Å². The summed E-state index contributed by atoms with van der Waals surface area (Å²) < 4.78 is 0. The van der Waals surface area contributed by atoms with Crippen LogP contribution in [0, 0.1) is 20.2 Å². The van der Waals surface area contributed by atoms with E-state index in [2.05, 4.69) is 9.97 Å². The molecule has 0 unspecified atom stereocenters. The molecule has 0 spiro atoms. The van der Waals surface area contributed by atoms with Gasteiger partial charge >= 0.3 is 11.2 Å². The Morgan fingerprint density at radius 1 is 1.15 bits per heavy atom. The van der Waals surface area contributed by atoms with Gasteiger partial charge in [0.05, 0.1) is 9.85 Å². The highest BCUT2D eigenvalue weighted by molar-refractivity contribution is 5.35. The van der Waals surface area contributed by atoms with Gasteiger partial charge in [-0.25, -0.2) is 4.98 Å². The molecule has 10 heteroatoms. The van der Waals surface area contributed by atoms with Gasteiger partial charge in [-0.05, 0) is 12.1 Å². The van der Waals surface area contributed by atoms with Crippen LogP contribution in [0.3, 0.4) is 0 Å². The molecule has 2 aromatic rings. The third-order valence-electron chi connectivity index (χ3n) is 1.98. The Labute approximate surface area is 111 Å². The molecule has 104 valence electrons. The third kappa shape index (κ3) is 4.18. The Morgan fingerprint density at radius 2 is 1.85 bits per heavy atom. The predicted octanol–water partition coefficient (Wildman–Crippen LogP) is 0.855. The zero-order valence-electron chi connectivity index (χ0n) is 9.92. The van der Waals surface area contributed by atoms with E-state index >= 15 is 0 Å². The van der Waals surface area contributed by atoms with Gasteiger partial charge in [-0.1, -0.05) is 0 Å². The number of H-pyrrole nitrogens is 1. The molecule has 0 fully saturated rings. The summed E-state index contributed by atoms with van der Waals surface area (Å²) in [6.07, 6.45) is 2.46. The summed E-state index contributed by atoms with van der Waals surface area (Å²) in [5.41, 5.74) is 4.04. The first-order chi connectivity index (χ1) is 9.41. The Hall–Kier alpha value is -3.30. The minimum Gasteiger partial charge on any atom is -0.384 e. The van der Waals surface area contributed by atoms with Crippen LogP contribution in [0.15, 0.2) is 41.5 Å². The molecule has 2 aromatic heterocycles. The van der Waals surface area contributed by atoms with E-state index in [1.54, 1.807) is 0 Å². The average Bonchev–Trinajstić information content (AvgIpc) is 2.40. The van der Waals surface area contributed by atoms with Crippen molar-refractivity contribution < 1.29 is 9.85 Å². The lowest BCUT2D eigenvalue weighted by Crippen LogP contribution is -2.09. The minimum atomic E-state index is -0.723. The molecule has 0 aliphatic heterocycles. The SMILES string of the molecule is Nc1ccc([N+](=O)[O-])cn1.O=c1[nH]cccc1[N+](=O)[O-]. The van der Waals surface area contributed by atoms with E-state index < -0.39 is 21.1 Å². The molecule has 10 nitrogen and oxygen atoms in total. The van der Waals surface area contributed by atoms with Crippen LogP contribution < -0.4 is 11.3 Å². The van der Waals surface area contributed by atoms with Crippen molar-refractivity contribution in [2.45, 2.75) is 0 Å². The van der Waals surface area contributed by atoms with Crippen molar-refractivity contribution in [2.75, 3.05) is 5.73 Å². The fourth-order valence-corrected chi connectivity index (χ4v) is 1.06. The first kappa shape index (κ1) is 14.8. The number of anilines is 1. The molecule has 0 bridgehead atoms. The number of aromatic nitrogens is 2. The van der Waals surface area contributed by atoms with E-state index in [4.69, 9.17) is 5.73 Å². The number of nitrogens with zero attached hydrogens (tertiary/aromatic N) is 3. The van der Waals surface area contributed by atoms with Crippen LogP contribution in [0.5, 0.6) is 0 Å². The smallest absolute Gasteiger partial charge is 0.333 e. The van der Waals surface area contributed by atoms with E-state index in [9.17, 15) is 25.0 Å². The number of hydrogen-bond donors (Lipinski definition) is 2. The van der Waals surface area contributed by atoms with Gasteiger partial charge in [-0.3, -0.25) is 25.0 Å². The summed E-state index contributed by atoms with van der Waals surface area (Å²) in [6, 6.07) is 5.25. The molecule has 20 heavy (non-hydrogen) atoms. The number of nitro groups is 2. The molecule has 0 aliphatic carbocycles. The summed E-state index contributed by atoms with van der Waals surface area (Å²) >= 11 is 0. The van der Waals surface area contributed by atoms with Crippen molar-refractivity contribution >= 4 is 17.2 Å². The normalized spacial score (nSPS) is 9.20. The number of pyridine rings is 2. The number of nitrogen functional groups attached to an aromatic ring is 1. The molecular weight excluding hydrogens is 270 g/mol. The van der Waals surface area contributed by atoms with E-state index in [-0.39, 0.29) is 11.5 Å². The number of nitrogens with two attached hydrogens (primary N) is 1. The van der Waals surface area contributed by atoms with Crippen LogP contribution in [0.1, 0.15) is 0 Å². The zero-order valence-corrected chi connectivity index (χ0v) is 9.92.